The normalized spacial score (nSPS) is 14.5. The number of carbonyl (C=O) groups is 1. The van der Waals surface area contributed by atoms with Crippen molar-refractivity contribution in [3.63, 3.8) is 0 Å². The molecule has 3 rings (SSSR count). The van der Waals surface area contributed by atoms with Crippen LogP contribution in [0.3, 0.4) is 0 Å². The first-order valence-electron chi connectivity index (χ1n) is 11.6. The Balaban J connectivity index is 1.76. The maximum atomic E-state index is 13.5. The third kappa shape index (κ3) is 7.59. The summed E-state index contributed by atoms with van der Waals surface area (Å²) in [7, 11) is 4.50. The van der Waals surface area contributed by atoms with Crippen molar-refractivity contribution in [2.45, 2.75) is 12.7 Å². The van der Waals surface area contributed by atoms with Gasteiger partial charge in [-0.2, -0.15) is 18.2 Å². The molecule has 204 valence electrons. The van der Waals surface area contributed by atoms with E-state index in [0.717, 1.165) is 12.3 Å². The number of alkyl halides is 3. The van der Waals surface area contributed by atoms with Gasteiger partial charge in [0, 0.05) is 51.3 Å². The number of anilines is 1. The third-order valence-electron chi connectivity index (χ3n) is 5.63. The van der Waals surface area contributed by atoms with E-state index in [9.17, 15) is 18.0 Å². The maximum Gasteiger partial charge on any atom is 0.416 e. The minimum Gasteiger partial charge on any atom is -0.497 e. The molecular formula is C26H29F3N4O4S. The minimum absolute atomic E-state index is 0.0459. The van der Waals surface area contributed by atoms with Crippen LogP contribution in [0, 0.1) is 5.41 Å². The van der Waals surface area contributed by atoms with Crippen LogP contribution in [-0.2, 0) is 27.0 Å². The van der Waals surface area contributed by atoms with E-state index in [1.54, 1.807) is 38.5 Å². The summed E-state index contributed by atoms with van der Waals surface area (Å²) in [5, 5.41) is 11.3. The Morgan fingerprint density at radius 2 is 1.79 bits per heavy atom. The van der Waals surface area contributed by atoms with Gasteiger partial charge in [0.1, 0.15) is 5.75 Å². The molecule has 1 aliphatic rings. The molecule has 0 fully saturated rings. The van der Waals surface area contributed by atoms with E-state index in [2.05, 4.69) is 10.3 Å². The van der Waals surface area contributed by atoms with Crippen LogP contribution in [0.2, 0.25) is 0 Å². The standard InChI is InChI=1S/C26H29F3N4O4S/c1-35-10-8-33(9-11-36-2)25-32-24(34)23(38-25)13-17-4-7-22(19(12-17)15-30)31-16-18-5-6-20(37-3)14-21(18)26(27,28)29/h4-7,12-15,30-31H,8-11,16H2,1-3H3/b23-13-,30-15?. The van der Waals surface area contributed by atoms with Crippen molar-refractivity contribution < 1.29 is 32.2 Å². The van der Waals surface area contributed by atoms with E-state index in [4.69, 9.17) is 19.6 Å². The Hall–Kier alpha value is -3.35. The van der Waals surface area contributed by atoms with Crippen LogP contribution < -0.4 is 10.1 Å². The second-order valence-electron chi connectivity index (χ2n) is 8.15. The lowest BCUT2D eigenvalue weighted by Gasteiger charge is -2.22. The van der Waals surface area contributed by atoms with Gasteiger partial charge in [-0.3, -0.25) is 4.79 Å². The smallest absolute Gasteiger partial charge is 0.416 e. The highest BCUT2D eigenvalue weighted by molar-refractivity contribution is 8.18. The molecular weight excluding hydrogens is 521 g/mol. The van der Waals surface area contributed by atoms with Crippen molar-refractivity contribution in [3.8, 4) is 5.75 Å². The molecule has 8 nitrogen and oxygen atoms in total. The van der Waals surface area contributed by atoms with Gasteiger partial charge in [-0.25, -0.2) is 0 Å². The highest BCUT2D eigenvalue weighted by Crippen LogP contribution is 2.35. The molecule has 0 aliphatic carbocycles. The van der Waals surface area contributed by atoms with Crippen LogP contribution in [-0.4, -0.2) is 69.8 Å². The van der Waals surface area contributed by atoms with Crippen molar-refractivity contribution in [1.82, 2.24) is 4.90 Å². The molecule has 0 bridgehead atoms. The van der Waals surface area contributed by atoms with E-state index in [-0.39, 0.29) is 23.8 Å². The van der Waals surface area contributed by atoms with Gasteiger partial charge in [0.15, 0.2) is 5.17 Å². The number of rotatable bonds is 12. The molecule has 38 heavy (non-hydrogen) atoms. The van der Waals surface area contributed by atoms with E-state index in [0.29, 0.717) is 53.2 Å². The predicted molar refractivity (Wildman–Crippen MR) is 143 cm³/mol. The fourth-order valence-corrected chi connectivity index (χ4v) is 4.60. The first kappa shape index (κ1) is 29.2. The molecule has 2 aromatic rings. The number of ether oxygens (including phenoxy) is 3. The summed E-state index contributed by atoms with van der Waals surface area (Å²) in [5.74, 6) is -0.256. The molecule has 0 saturated heterocycles. The fraction of sp³-hybridized carbons (Fsp3) is 0.346. The highest BCUT2D eigenvalue weighted by Gasteiger charge is 2.33. The van der Waals surface area contributed by atoms with Gasteiger partial charge in [-0.05, 0) is 53.2 Å². The third-order valence-corrected chi connectivity index (χ3v) is 6.68. The van der Waals surface area contributed by atoms with E-state index < -0.39 is 11.7 Å². The number of nitrogens with zero attached hydrogens (tertiary/aromatic N) is 2. The molecule has 0 unspecified atom stereocenters. The lowest BCUT2D eigenvalue weighted by atomic mass is 10.1. The van der Waals surface area contributed by atoms with Crippen LogP contribution in [0.15, 0.2) is 46.3 Å². The van der Waals surface area contributed by atoms with Crippen molar-refractivity contribution in [2.24, 2.45) is 4.99 Å². The van der Waals surface area contributed by atoms with E-state index >= 15 is 0 Å². The number of amides is 1. The summed E-state index contributed by atoms with van der Waals surface area (Å²) < 4.78 is 55.8. The van der Waals surface area contributed by atoms with Gasteiger partial charge in [0.2, 0.25) is 0 Å². The van der Waals surface area contributed by atoms with Crippen LogP contribution in [0.5, 0.6) is 5.75 Å². The maximum absolute atomic E-state index is 13.5. The number of nitrogens with one attached hydrogen (secondary N) is 2. The topological polar surface area (TPSA) is 96.2 Å². The largest absolute Gasteiger partial charge is 0.497 e. The van der Waals surface area contributed by atoms with Gasteiger partial charge in [0.05, 0.1) is 30.8 Å². The zero-order chi connectivity index (χ0) is 27.7. The Labute approximate surface area is 223 Å². The fourth-order valence-electron chi connectivity index (χ4n) is 3.63. The molecule has 1 aliphatic heterocycles. The number of hydrogen-bond donors (Lipinski definition) is 2. The Bertz CT molecular complexity index is 1210. The summed E-state index contributed by atoms with van der Waals surface area (Å²) >= 11 is 1.24. The molecule has 0 spiro atoms. The molecule has 2 aromatic carbocycles. The Morgan fingerprint density at radius 3 is 2.39 bits per heavy atom. The van der Waals surface area contributed by atoms with E-state index in [1.807, 2.05) is 4.90 Å². The number of carbonyl (C=O) groups excluding carboxylic acids is 1. The number of halogens is 3. The zero-order valence-corrected chi connectivity index (χ0v) is 22.0. The first-order valence-corrected chi connectivity index (χ1v) is 12.4. The summed E-state index contributed by atoms with van der Waals surface area (Å²) in [6.07, 6.45) is -1.76. The molecule has 1 heterocycles. The average Bonchev–Trinajstić information content (AvgIpc) is 3.26. The summed E-state index contributed by atoms with van der Waals surface area (Å²) in [5.41, 5.74) is 0.852. The second-order valence-corrected chi connectivity index (χ2v) is 9.16. The quantitative estimate of drug-likeness (QED) is 0.287. The van der Waals surface area contributed by atoms with Crippen molar-refractivity contribution in [3.05, 3.63) is 63.6 Å². The average molecular weight is 551 g/mol. The van der Waals surface area contributed by atoms with Crippen LogP contribution in [0.25, 0.3) is 6.08 Å². The number of thioether (sulfide) groups is 1. The van der Waals surface area contributed by atoms with Crippen molar-refractivity contribution in [2.75, 3.05) is 52.9 Å². The second kappa shape index (κ2) is 13.4. The van der Waals surface area contributed by atoms with Gasteiger partial charge in [0.25, 0.3) is 5.91 Å². The number of hydrogen-bond acceptors (Lipinski definition) is 8. The lowest BCUT2D eigenvalue weighted by molar-refractivity contribution is -0.138. The van der Waals surface area contributed by atoms with Gasteiger partial charge in [-0.15, -0.1) is 0 Å². The Kier molecular flexibility index (Phi) is 10.3. The predicted octanol–water partition coefficient (Wildman–Crippen LogP) is 4.89. The molecule has 0 saturated carbocycles. The number of methoxy groups -OCH3 is 3. The highest BCUT2D eigenvalue weighted by atomic mass is 32.2. The van der Waals surface area contributed by atoms with Crippen LogP contribution >= 0.6 is 11.8 Å². The van der Waals surface area contributed by atoms with Gasteiger partial charge < -0.3 is 29.8 Å². The van der Waals surface area contributed by atoms with Crippen molar-refractivity contribution in [1.29, 1.82) is 5.41 Å². The number of amidine groups is 1. The summed E-state index contributed by atoms with van der Waals surface area (Å²) in [6.45, 7) is 1.93. The molecule has 12 heteroatoms. The monoisotopic (exact) mass is 550 g/mol. The van der Waals surface area contributed by atoms with Crippen LogP contribution in [0.1, 0.15) is 22.3 Å². The first-order chi connectivity index (χ1) is 18.2. The number of aliphatic imine (C=N–C) groups is 1. The van der Waals surface area contributed by atoms with E-state index in [1.165, 1.54) is 31.0 Å². The molecule has 0 radical (unpaired) electrons. The number of benzene rings is 2. The molecule has 1 amide bonds. The Morgan fingerprint density at radius 1 is 1.08 bits per heavy atom. The van der Waals surface area contributed by atoms with Gasteiger partial charge in [-0.1, -0.05) is 12.1 Å². The van der Waals surface area contributed by atoms with Crippen LogP contribution in [0.4, 0.5) is 18.9 Å². The van der Waals surface area contributed by atoms with Gasteiger partial charge >= 0.3 is 6.18 Å². The lowest BCUT2D eigenvalue weighted by Crippen LogP contribution is -2.34. The minimum atomic E-state index is -4.54. The molecule has 0 atom stereocenters. The summed E-state index contributed by atoms with van der Waals surface area (Å²) in [4.78, 5) is 19.1. The summed E-state index contributed by atoms with van der Waals surface area (Å²) in [6, 6.07) is 8.86. The SMILES string of the molecule is COCCN(CCOC)C1=NC(=O)/C(=C/c2ccc(NCc3ccc(OC)cc3C(F)(F)F)c(C=N)c2)S1. The molecule has 2 N–H and O–H groups in total. The zero-order valence-electron chi connectivity index (χ0n) is 21.2. The van der Waals surface area contributed by atoms with Crippen molar-refractivity contribution >= 4 is 40.8 Å². The molecule has 0 aromatic heterocycles.